The van der Waals surface area contributed by atoms with E-state index in [2.05, 4.69) is 39.8 Å². The fraction of sp³-hybridized carbons (Fsp3) is 0.533. The van der Waals surface area contributed by atoms with Crippen LogP contribution in [0.1, 0.15) is 34.1 Å². The molecule has 17 heavy (non-hydrogen) atoms. The zero-order chi connectivity index (χ0) is 12.6. The van der Waals surface area contributed by atoms with Gasteiger partial charge in [-0.05, 0) is 22.5 Å². The minimum Gasteiger partial charge on any atom is -0.462 e. The van der Waals surface area contributed by atoms with E-state index in [4.69, 9.17) is 4.74 Å². The highest BCUT2D eigenvalue weighted by Gasteiger charge is 2.26. The molecule has 92 valence electrons. The molecule has 0 aromatic heterocycles. The predicted molar refractivity (Wildman–Crippen MR) is 68.4 cm³/mol. The van der Waals surface area contributed by atoms with Crippen LogP contribution in [0, 0.1) is 11.3 Å². The lowest BCUT2D eigenvalue weighted by Gasteiger charge is -2.22. The van der Waals surface area contributed by atoms with Gasteiger partial charge in [-0.3, -0.25) is 0 Å². The van der Waals surface area contributed by atoms with Crippen LogP contribution in [0.15, 0.2) is 34.9 Å². The normalized spacial score (nSPS) is 25.1. The summed E-state index contributed by atoms with van der Waals surface area (Å²) in [6.45, 7) is 9.23. The van der Waals surface area contributed by atoms with Gasteiger partial charge in [0, 0.05) is 6.42 Å². The Balaban J connectivity index is 2.44. The largest absolute Gasteiger partial charge is 0.462 e. The van der Waals surface area contributed by atoms with E-state index >= 15 is 0 Å². The molecule has 1 fully saturated rings. The molecule has 0 spiro atoms. The van der Waals surface area contributed by atoms with Gasteiger partial charge >= 0.3 is 5.97 Å². The molecule has 0 N–H and O–H groups in total. The number of hydrogen-bond donors (Lipinski definition) is 0. The van der Waals surface area contributed by atoms with Gasteiger partial charge in [0.2, 0.25) is 0 Å². The Hall–Kier alpha value is -1.31. The van der Waals surface area contributed by atoms with E-state index < -0.39 is 0 Å². The van der Waals surface area contributed by atoms with Gasteiger partial charge in [0.1, 0.15) is 0 Å². The van der Waals surface area contributed by atoms with Crippen molar-refractivity contribution in [3.05, 3.63) is 34.9 Å². The van der Waals surface area contributed by atoms with Crippen LogP contribution in [0.3, 0.4) is 0 Å². The molecular formula is C15H20O2. The summed E-state index contributed by atoms with van der Waals surface area (Å²) in [6.07, 6.45) is 7.27. The topological polar surface area (TPSA) is 26.3 Å². The molecule has 1 aliphatic heterocycles. The molecule has 1 saturated heterocycles. The van der Waals surface area contributed by atoms with Gasteiger partial charge in [-0.25, -0.2) is 4.79 Å². The maximum Gasteiger partial charge on any atom is 0.338 e. The lowest BCUT2D eigenvalue weighted by atomic mass is 9.84. The Kier molecular flexibility index (Phi) is 2.98. The molecule has 1 unspecified atom stereocenters. The van der Waals surface area contributed by atoms with Gasteiger partial charge in [0.25, 0.3) is 0 Å². The lowest BCUT2D eigenvalue weighted by molar-refractivity contribution is -0.140. The molecule has 2 aliphatic rings. The quantitative estimate of drug-likeness (QED) is 0.598. The Morgan fingerprint density at radius 2 is 2.00 bits per heavy atom. The number of rotatable bonds is 0. The van der Waals surface area contributed by atoms with Crippen molar-refractivity contribution < 1.29 is 9.53 Å². The summed E-state index contributed by atoms with van der Waals surface area (Å²) in [5.74, 6) is 0.108. The van der Waals surface area contributed by atoms with Gasteiger partial charge < -0.3 is 4.74 Å². The Bertz CT molecular complexity index is 430. The summed E-state index contributed by atoms with van der Waals surface area (Å²) in [5, 5.41) is 0. The summed E-state index contributed by atoms with van der Waals surface area (Å²) in [5.41, 5.74) is 3.32. The molecule has 1 atom stereocenters. The second kappa shape index (κ2) is 4.17. The molecule has 2 nitrogen and oxygen atoms in total. The molecule has 2 heteroatoms. The first-order chi connectivity index (χ1) is 7.88. The third-order valence-corrected chi connectivity index (χ3v) is 3.24. The highest BCUT2D eigenvalue weighted by Crippen LogP contribution is 2.35. The average Bonchev–Trinajstić information content (AvgIpc) is 2.37. The highest BCUT2D eigenvalue weighted by atomic mass is 16.5. The fourth-order valence-corrected chi connectivity index (χ4v) is 2.22. The molecule has 0 saturated carbocycles. The van der Waals surface area contributed by atoms with Crippen LogP contribution in [-0.4, -0.2) is 12.6 Å². The molecule has 0 bridgehead atoms. The van der Waals surface area contributed by atoms with Crippen LogP contribution in [0.4, 0.5) is 0 Å². The predicted octanol–water partition coefficient (Wildman–Crippen LogP) is 3.41. The molecule has 1 aliphatic carbocycles. The summed E-state index contributed by atoms with van der Waals surface area (Å²) < 4.78 is 5.10. The third-order valence-electron chi connectivity index (χ3n) is 3.24. The van der Waals surface area contributed by atoms with Gasteiger partial charge in [0.05, 0.1) is 12.2 Å². The number of cyclic esters (lactones) is 1. The monoisotopic (exact) mass is 232 g/mol. The third kappa shape index (κ3) is 2.51. The number of allylic oxidation sites excluding steroid dienone is 4. The van der Waals surface area contributed by atoms with Crippen LogP contribution in [0.5, 0.6) is 0 Å². The van der Waals surface area contributed by atoms with Crippen molar-refractivity contribution in [1.29, 1.82) is 0 Å². The Morgan fingerprint density at radius 3 is 2.65 bits per heavy atom. The van der Waals surface area contributed by atoms with Gasteiger partial charge in [0.15, 0.2) is 0 Å². The van der Waals surface area contributed by atoms with E-state index in [9.17, 15) is 4.79 Å². The van der Waals surface area contributed by atoms with Crippen molar-refractivity contribution in [3.63, 3.8) is 0 Å². The van der Waals surface area contributed by atoms with Gasteiger partial charge in [-0.2, -0.15) is 0 Å². The van der Waals surface area contributed by atoms with E-state index in [1.54, 1.807) is 0 Å². The number of esters is 1. The molecule has 0 amide bonds. The number of carbonyl (C=O) groups excluding carboxylic acids is 1. The van der Waals surface area contributed by atoms with Crippen molar-refractivity contribution in [2.45, 2.75) is 34.1 Å². The number of fused-ring (bicyclic) bond motifs is 1. The van der Waals surface area contributed by atoms with Crippen molar-refractivity contribution >= 4 is 5.97 Å². The van der Waals surface area contributed by atoms with Crippen molar-refractivity contribution in [1.82, 2.24) is 0 Å². The smallest absolute Gasteiger partial charge is 0.338 e. The lowest BCUT2D eigenvalue weighted by Crippen LogP contribution is -2.18. The number of hydrogen-bond acceptors (Lipinski definition) is 2. The second-order valence-electron chi connectivity index (χ2n) is 5.87. The summed E-state index contributed by atoms with van der Waals surface area (Å²) in [4.78, 5) is 11.7. The number of carbonyl (C=O) groups is 1. The molecule has 0 aromatic carbocycles. The van der Waals surface area contributed by atoms with Crippen molar-refractivity contribution in [2.75, 3.05) is 6.61 Å². The standard InChI is InChI=1S/C15H20O2/c1-10-7-12(15(2,3)4)9-11-5-6-17-14(16)13(11)8-10/h7-10H,5-6H2,1-4H3. The summed E-state index contributed by atoms with van der Waals surface area (Å²) >= 11 is 0. The van der Waals surface area contributed by atoms with E-state index in [-0.39, 0.29) is 17.3 Å². The minimum atomic E-state index is -0.169. The van der Waals surface area contributed by atoms with E-state index in [1.165, 1.54) is 5.57 Å². The SMILES string of the molecule is CC1C=C2C(=O)OCCC2=CC(C(C)(C)C)=C1. The van der Waals surface area contributed by atoms with Crippen LogP contribution in [0.2, 0.25) is 0 Å². The molecule has 0 radical (unpaired) electrons. The zero-order valence-corrected chi connectivity index (χ0v) is 11.0. The zero-order valence-electron chi connectivity index (χ0n) is 11.0. The first-order valence-corrected chi connectivity index (χ1v) is 6.20. The maximum absolute atomic E-state index is 11.7. The van der Waals surface area contributed by atoms with E-state index in [0.29, 0.717) is 6.61 Å². The van der Waals surface area contributed by atoms with E-state index in [1.807, 2.05) is 6.08 Å². The second-order valence-corrected chi connectivity index (χ2v) is 5.87. The average molecular weight is 232 g/mol. The first-order valence-electron chi connectivity index (χ1n) is 6.20. The highest BCUT2D eigenvalue weighted by molar-refractivity contribution is 5.94. The maximum atomic E-state index is 11.7. The molecule has 1 heterocycles. The van der Waals surface area contributed by atoms with Crippen LogP contribution >= 0.6 is 0 Å². The summed E-state index contributed by atoms with van der Waals surface area (Å²) in [6, 6.07) is 0. The molecule has 2 rings (SSSR count). The fourth-order valence-electron chi connectivity index (χ4n) is 2.22. The van der Waals surface area contributed by atoms with Crippen LogP contribution in [0.25, 0.3) is 0 Å². The summed E-state index contributed by atoms with van der Waals surface area (Å²) in [7, 11) is 0. The molecular weight excluding hydrogens is 212 g/mol. The van der Waals surface area contributed by atoms with Crippen LogP contribution < -0.4 is 0 Å². The minimum absolute atomic E-state index is 0.117. The van der Waals surface area contributed by atoms with Gasteiger partial charge in [-0.1, -0.05) is 45.9 Å². The van der Waals surface area contributed by atoms with Crippen molar-refractivity contribution in [2.24, 2.45) is 11.3 Å². The van der Waals surface area contributed by atoms with E-state index in [0.717, 1.165) is 17.6 Å². The van der Waals surface area contributed by atoms with Crippen LogP contribution in [-0.2, 0) is 9.53 Å². The first kappa shape index (κ1) is 12.2. The van der Waals surface area contributed by atoms with Gasteiger partial charge in [-0.15, -0.1) is 0 Å². The Labute approximate surface area is 103 Å². The molecule has 0 aromatic rings. The number of ether oxygens (including phenoxy) is 1. The Morgan fingerprint density at radius 1 is 1.29 bits per heavy atom. The van der Waals surface area contributed by atoms with Crippen molar-refractivity contribution in [3.8, 4) is 0 Å².